The normalized spacial score (nSPS) is 19.1. The van der Waals surface area contributed by atoms with Crippen molar-refractivity contribution in [1.82, 2.24) is 0 Å². The Kier molecular flexibility index (Phi) is 3.26. The molecule has 0 amide bonds. The second-order valence-electron chi connectivity index (χ2n) is 4.22. The Labute approximate surface area is 96.6 Å². The number of allylic oxidation sites excluding steroid dienone is 1. The van der Waals surface area contributed by atoms with Gasteiger partial charge >= 0.3 is 0 Å². The summed E-state index contributed by atoms with van der Waals surface area (Å²) in [5.74, 6) is 0. The molecule has 0 saturated carbocycles. The van der Waals surface area contributed by atoms with Crippen LogP contribution in [0.1, 0.15) is 30.4 Å². The number of aryl methyl sites for hydroxylation is 1. The van der Waals surface area contributed by atoms with Crippen LogP contribution in [0, 0.1) is 18.3 Å². The van der Waals surface area contributed by atoms with Gasteiger partial charge in [-0.15, -0.1) is 0 Å². The van der Waals surface area contributed by atoms with Gasteiger partial charge in [0, 0.05) is 6.04 Å². The second-order valence-corrected chi connectivity index (χ2v) is 4.22. The molecule has 0 spiro atoms. The lowest BCUT2D eigenvalue weighted by molar-refractivity contribution is 0.673. The van der Waals surface area contributed by atoms with Gasteiger partial charge in [0.25, 0.3) is 0 Å². The predicted molar refractivity (Wildman–Crippen MR) is 66.3 cm³/mol. The minimum Gasteiger partial charge on any atom is -0.378 e. The first kappa shape index (κ1) is 10.8. The number of nitriles is 1. The molecule has 1 aromatic rings. The number of nitrogens with zero attached hydrogens (tertiary/aromatic N) is 1. The molecule has 0 heterocycles. The summed E-state index contributed by atoms with van der Waals surface area (Å²) in [6, 6.07) is 8.59. The van der Waals surface area contributed by atoms with Gasteiger partial charge in [-0.05, 0) is 37.8 Å². The van der Waals surface area contributed by atoms with Crippen LogP contribution in [0.15, 0.2) is 30.4 Å². The van der Waals surface area contributed by atoms with E-state index in [1.807, 2.05) is 25.1 Å². The van der Waals surface area contributed by atoms with E-state index >= 15 is 0 Å². The number of hydrogen-bond donors (Lipinski definition) is 1. The molecule has 1 aromatic carbocycles. The zero-order chi connectivity index (χ0) is 11.4. The van der Waals surface area contributed by atoms with Gasteiger partial charge in [-0.3, -0.25) is 0 Å². The van der Waals surface area contributed by atoms with Crippen LogP contribution < -0.4 is 5.32 Å². The molecule has 0 fully saturated rings. The summed E-state index contributed by atoms with van der Waals surface area (Å²) in [7, 11) is 0. The fourth-order valence-electron chi connectivity index (χ4n) is 2.07. The first-order valence-electron chi connectivity index (χ1n) is 5.74. The molecule has 1 aliphatic carbocycles. The largest absolute Gasteiger partial charge is 0.378 e. The fourth-order valence-corrected chi connectivity index (χ4v) is 2.07. The third-order valence-corrected chi connectivity index (χ3v) is 2.98. The number of anilines is 1. The molecule has 0 saturated heterocycles. The lowest BCUT2D eigenvalue weighted by atomic mass is 10.0. The fraction of sp³-hybridized carbons (Fsp3) is 0.357. The predicted octanol–water partition coefficient (Wildman–Crippen LogP) is 3.39. The third kappa shape index (κ3) is 2.25. The summed E-state index contributed by atoms with van der Waals surface area (Å²) in [6.45, 7) is 1.97. The Balaban J connectivity index is 2.21. The van der Waals surface area contributed by atoms with E-state index in [9.17, 15) is 0 Å². The highest BCUT2D eigenvalue weighted by atomic mass is 14.9. The zero-order valence-electron chi connectivity index (χ0n) is 9.53. The monoisotopic (exact) mass is 212 g/mol. The minimum absolute atomic E-state index is 0.377. The summed E-state index contributed by atoms with van der Waals surface area (Å²) < 4.78 is 0. The molecule has 0 aliphatic heterocycles. The van der Waals surface area contributed by atoms with Crippen molar-refractivity contribution < 1.29 is 0 Å². The third-order valence-electron chi connectivity index (χ3n) is 2.98. The Morgan fingerprint density at radius 2 is 2.31 bits per heavy atom. The molecule has 1 unspecified atom stereocenters. The van der Waals surface area contributed by atoms with Crippen molar-refractivity contribution in [3.63, 3.8) is 0 Å². The summed E-state index contributed by atoms with van der Waals surface area (Å²) in [6.07, 6.45) is 7.96. The number of rotatable bonds is 2. The molecule has 2 nitrogen and oxygen atoms in total. The molecule has 16 heavy (non-hydrogen) atoms. The van der Waals surface area contributed by atoms with E-state index in [2.05, 4.69) is 23.5 Å². The Morgan fingerprint density at radius 1 is 1.44 bits per heavy atom. The van der Waals surface area contributed by atoms with Crippen molar-refractivity contribution in [2.24, 2.45) is 0 Å². The number of hydrogen-bond acceptors (Lipinski definition) is 2. The molecule has 1 N–H and O–H groups in total. The molecule has 0 bridgehead atoms. The van der Waals surface area contributed by atoms with Gasteiger partial charge in [-0.1, -0.05) is 24.3 Å². The van der Waals surface area contributed by atoms with E-state index in [1.165, 1.54) is 12.8 Å². The van der Waals surface area contributed by atoms with Crippen molar-refractivity contribution in [3.8, 4) is 6.07 Å². The van der Waals surface area contributed by atoms with Gasteiger partial charge in [-0.2, -0.15) is 5.26 Å². The van der Waals surface area contributed by atoms with Crippen molar-refractivity contribution in [1.29, 1.82) is 5.26 Å². The highest BCUT2D eigenvalue weighted by molar-refractivity contribution is 5.61. The van der Waals surface area contributed by atoms with Gasteiger partial charge in [0.1, 0.15) is 6.07 Å². The number of benzene rings is 1. The maximum Gasteiger partial charge on any atom is 0.102 e. The van der Waals surface area contributed by atoms with Crippen molar-refractivity contribution in [2.75, 3.05) is 5.32 Å². The number of nitrogens with one attached hydrogen (secondary N) is 1. The van der Waals surface area contributed by atoms with E-state index in [-0.39, 0.29) is 0 Å². The van der Waals surface area contributed by atoms with Crippen molar-refractivity contribution in [2.45, 2.75) is 32.2 Å². The zero-order valence-corrected chi connectivity index (χ0v) is 9.53. The Bertz CT molecular complexity index is 441. The van der Waals surface area contributed by atoms with Gasteiger partial charge < -0.3 is 5.32 Å². The van der Waals surface area contributed by atoms with Crippen LogP contribution in [-0.2, 0) is 0 Å². The Morgan fingerprint density at radius 3 is 3.00 bits per heavy atom. The maximum atomic E-state index is 9.12. The van der Waals surface area contributed by atoms with Crippen LogP contribution in [-0.4, -0.2) is 6.04 Å². The molecule has 1 atom stereocenters. The summed E-state index contributed by atoms with van der Waals surface area (Å²) in [5, 5.41) is 12.6. The molecule has 82 valence electrons. The highest BCUT2D eigenvalue weighted by Gasteiger charge is 2.11. The van der Waals surface area contributed by atoms with E-state index in [4.69, 9.17) is 5.26 Å². The van der Waals surface area contributed by atoms with E-state index in [1.54, 1.807) is 0 Å². The molecular formula is C14H16N2. The molecule has 0 aromatic heterocycles. The lowest BCUT2D eigenvalue weighted by Crippen LogP contribution is -2.19. The average Bonchev–Trinajstić information content (AvgIpc) is 2.31. The van der Waals surface area contributed by atoms with Crippen LogP contribution >= 0.6 is 0 Å². The SMILES string of the molecule is Cc1cccc(NC2C=CCCC2)c1C#N. The van der Waals surface area contributed by atoms with Crippen LogP contribution in [0.25, 0.3) is 0 Å². The van der Waals surface area contributed by atoms with E-state index in [0.717, 1.165) is 23.2 Å². The molecular weight excluding hydrogens is 196 g/mol. The van der Waals surface area contributed by atoms with E-state index < -0.39 is 0 Å². The summed E-state index contributed by atoms with van der Waals surface area (Å²) in [4.78, 5) is 0. The Hall–Kier alpha value is -1.75. The van der Waals surface area contributed by atoms with Crippen molar-refractivity contribution in [3.05, 3.63) is 41.5 Å². The van der Waals surface area contributed by atoms with Gasteiger partial charge in [0.15, 0.2) is 0 Å². The van der Waals surface area contributed by atoms with Crippen molar-refractivity contribution >= 4 is 5.69 Å². The first-order valence-corrected chi connectivity index (χ1v) is 5.74. The maximum absolute atomic E-state index is 9.12. The van der Waals surface area contributed by atoms with Crippen LogP contribution in [0.2, 0.25) is 0 Å². The summed E-state index contributed by atoms with van der Waals surface area (Å²) >= 11 is 0. The highest BCUT2D eigenvalue weighted by Crippen LogP contribution is 2.22. The first-order chi connectivity index (χ1) is 7.81. The molecule has 0 radical (unpaired) electrons. The summed E-state index contributed by atoms with van der Waals surface area (Å²) in [5.41, 5.74) is 2.76. The van der Waals surface area contributed by atoms with Crippen LogP contribution in [0.4, 0.5) is 5.69 Å². The molecule has 2 rings (SSSR count). The van der Waals surface area contributed by atoms with Gasteiger partial charge in [0.05, 0.1) is 11.3 Å². The molecule has 2 heteroatoms. The second kappa shape index (κ2) is 4.85. The van der Waals surface area contributed by atoms with Gasteiger partial charge in [0.2, 0.25) is 0 Å². The topological polar surface area (TPSA) is 35.8 Å². The van der Waals surface area contributed by atoms with Gasteiger partial charge in [-0.25, -0.2) is 0 Å². The lowest BCUT2D eigenvalue weighted by Gasteiger charge is -2.20. The average molecular weight is 212 g/mol. The quantitative estimate of drug-likeness (QED) is 0.763. The standard InChI is InChI=1S/C14H16N2/c1-11-6-5-9-14(13(11)10-15)16-12-7-3-2-4-8-12/h3,5-7,9,12,16H,2,4,8H2,1H3. The minimum atomic E-state index is 0.377. The van der Waals surface area contributed by atoms with Crippen LogP contribution in [0.3, 0.4) is 0 Å². The van der Waals surface area contributed by atoms with Crippen LogP contribution in [0.5, 0.6) is 0 Å². The molecule has 1 aliphatic rings. The van der Waals surface area contributed by atoms with E-state index in [0.29, 0.717) is 6.04 Å². The smallest absolute Gasteiger partial charge is 0.102 e.